The zero-order valence-corrected chi connectivity index (χ0v) is 10.4. The fourth-order valence-corrected chi connectivity index (χ4v) is 2.13. The lowest BCUT2D eigenvalue weighted by atomic mass is 9.98. The van der Waals surface area contributed by atoms with Gasteiger partial charge in [0, 0.05) is 12.6 Å². The third-order valence-corrected chi connectivity index (χ3v) is 2.98. The summed E-state index contributed by atoms with van der Waals surface area (Å²) in [5.74, 6) is -0.624. The molecule has 1 atom stereocenters. The Hall–Kier alpha value is -1.39. The maximum absolute atomic E-state index is 11.8. The maximum Gasteiger partial charge on any atom is 0.307 e. The van der Waals surface area contributed by atoms with Gasteiger partial charge in [-0.15, -0.1) is 0 Å². The number of nitrogens with zero attached hydrogens (tertiary/aromatic N) is 1. The maximum atomic E-state index is 11.8. The molecule has 1 rings (SSSR count). The number of amides is 1. The first kappa shape index (κ1) is 13.7. The molecule has 5 heteroatoms. The van der Waals surface area contributed by atoms with Gasteiger partial charge < -0.3 is 9.64 Å². The molecule has 0 aromatic carbocycles. The highest BCUT2D eigenvalue weighted by molar-refractivity contribution is 5.97. The molecule has 0 aliphatic carbocycles. The van der Waals surface area contributed by atoms with Gasteiger partial charge in [-0.25, -0.2) is 0 Å². The van der Waals surface area contributed by atoms with Gasteiger partial charge in [0.2, 0.25) is 5.91 Å². The molecule has 1 fully saturated rings. The van der Waals surface area contributed by atoms with Crippen LogP contribution in [0.1, 0.15) is 39.0 Å². The van der Waals surface area contributed by atoms with Gasteiger partial charge in [-0.05, 0) is 26.2 Å². The fourth-order valence-electron chi connectivity index (χ4n) is 2.13. The first-order valence-corrected chi connectivity index (χ1v) is 5.90. The molecule has 1 unspecified atom stereocenters. The predicted octanol–water partition coefficient (Wildman–Crippen LogP) is 0.910. The van der Waals surface area contributed by atoms with Crippen LogP contribution in [-0.4, -0.2) is 42.3 Å². The van der Waals surface area contributed by atoms with Crippen LogP contribution in [0.25, 0.3) is 0 Å². The highest BCUT2D eigenvalue weighted by Crippen LogP contribution is 2.20. The first-order chi connectivity index (χ1) is 8.04. The van der Waals surface area contributed by atoms with Crippen molar-refractivity contribution < 1.29 is 19.1 Å². The molecule has 0 N–H and O–H groups in total. The molecular formula is C12H19NO4. The van der Waals surface area contributed by atoms with Crippen LogP contribution in [0.15, 0.2) is 0 Å². The van der Waals surface area contributed by atoms with Crippen molar-refractivity contribution in [2.45, 2.75) is 45.1 Å². The van der Waals surface area contributed by atoms with E-state index in [1.807, 2.05) is 0 Å². The molecule has 0 spiro atoms. The molecule has 5 nitrogen and oxygen atoms in total. The van der Waals surface area contributed by atoms with E-state index in [0.29, 0.717) is 6.54 Å². The van der Waals surface area contributed by atoms with E-state index in [9.17, 15) is 14.4 Å². The van der Waals surface area contributed by atoms with Crippen molar-refractivity contribution in [1.29, 1.82) is 0 Å². The molecule has 1 saturated heterocycles. The summed E-state index contributed by atoms with van der Waals surface area (Å²) in [6.45, 7) is 2.03. The number of carbonyl (C=O) groups excluding carboxylic acids is 3. The third kappa shape index (κ3) is 4.17. The van der Waals surface area contributed by atoms with Crippen molar-refractivity contribution >= 4 is 17.7 Å². The Morgan fingerprint density at radius 2 is 2.00 bits per heavy atom. The minimum atomic E-state index is -0.308. The lowest BCUT2D eigenvalue weighted by Crippen LogP contribution is -2.45. The summed E-state index contributed by atoms with van der Waals surface area (Å²) in [6, 6.07) is -0.108. The van der Waals surface area contributed by atoms with Gasteiger partial charge in [0.1, 0.15) is 5.78 Å². The molecule has 0 aromatic rings. The summed E-state index contributed by atoms with van der Waals surface area (Å²) in [6.07, 6.45) is 2.89. The molecular weight excluding hydrogens is 222 g/mol. The second-order valence-electron chi connectivity index (χ2n) is 4.40. The standard InChI is InChI=1S/C12H19NO4/c1-9(14)7-11(15)13-6-4-3-5-10(13)8-12(16)17-2/h10H,3-8H2,1-2H3. The Kier molecular flexibility index (Phi) is 5.12. The Balaban J connectivity index is 2.61. The van der Waals surface area contributed by atoms with Gasteiger partial charge >= 0.3 is 5.97 Å². The van der Waals surface area contributed by atoms with Crippen LogP contribution in [0.2, 0.25) is 0 Å². The van der Waals surface area contributed by atoms with Crippen LogP contribution in [0, 0.1) is 0 Å². The monoisotopic (exact) mass is 241 g/mol. The smallest absolute Gasteiger partial charge is 0.307 e. The van der Waals surface area contributed by atoms with E-state index in [1.165, 1.54) is 14.0 Å². The summed E-state index contributed by atoms with van der Waals surface area (Å²) in [5.41, 5.74) is 0. The Bertz CT molecular complexity index is 314. The number of esters is 1. The van der Waals surface area contributed by atoms with Gasteiger partial charge in [0.25, 0.3) is 0 Å². The van der Waals surface area contributed by atoms with Gasteiger partial charge in [0.15, 0.2) is 0 Å². The molecule has 96 valence electrons. The second kappa shape index (κ2) is 6.37. The van der Waals surface area contributed by atoms with Crippen molar-refractivity contribution in [3.8, 4) is 0 Å². The minimum absolute atomic E-state index is 0.0718. The second-order valence-corrected chi connectivity index (χ2v) is 4.40. The number of hydrogen-bond donors (Lipinski definition) is 0. The van der Waals surface area contributed by atoms with E-state index in [-0.39, 0.29) is 36.5 Å². The average molecular weight is 241 g/mol. The fraction of sp³-hybridized carbons (Fsp3) is 0.750. The average Bonchev–Trinajstić information content (AvgIpc) is 2.28. The highest BCUT2D eigenvalue weighted by atomic mass is 16.5. The molecule has 1 aliphatic rings. The number of methoxy groups -OCH3 is 1. The highest BCUT2D eigenvalue weighted by Gasteiger charge is 2.28. The number of ketones is 1. The molecule has 1 aliphatic heterocycles. The van der Waals surface area contributed by atoms with E-state index < -0.39 is 0 Å². The van der Waals surface area contributed by atoms with Gasteiger partial charge in [0.05, 0.1) is 20.0 Å². The largest absolute Gasteiger partial charge is 0.469 e. The van der Waals surface area contributed by atoms with Crippen molar-refractivity contribution in [1.82, 2.24) is 4.90 Å². The quantitative estimate of drug-likeness (QED) is 0.542. The third-order valence-electron chi connectivity index (χ3n) is 2.98. The summed E-state index contributed by atoms with van der Waals surface area (Å²) >= 11 is 0. The predicted molar refractivity (Wildman–Crippen MR) is 61.3 cm³/mol. The zero-order valence-electron chi connectivity index (χ0n) is 10.4. The number of carbonyl (C=O) groups is 3. The van der Waals surface area contributed by atoms with Crippen LogP contribution in [0.3, 0.4) is 0 Å². The van der Waals surface area contributed by atoms with Crippen molar-refractivity contribution in [2.24, 2.45) is 0 Å². The van der Waals surface area contributed by atoms with Crippen LogP contribution < -0.4 is 0 Å². The number of hydrogen-bond acceptors (Lipinski definition) is 4. The molecule has 1 heterocycles. The van der Waals surface area contributed by atoms with Gasteiger partial charge in [-0.2, -0.15) is 0 Å². The topological polar surface area (TPSA) is 63.7 Å². The summed E-state index contributed by atoms with van der Waals surface area (Å²) in [7, 11) is 1.34. The number of likely N-dealkylation sites (tertiary alicyclic amines) is 1. The van der Waals surface area contributed by atoms with Crippen molar-refractivity contribution in [2.75, 3.05) is 13.7 Å². The molecule has 0 bridgehead atoms. The van der Waals surface area contributed by atoms with E-state index >= 15 is 0 Å². The summed E-state index contributed by atoms with van der Waals surface area (Å²) < 4.78 is 4.62. The van der Waals surface area contributed by atoms with E-state index in [2.05, 4.69) is 4.74 Å². The minimum Gasteiger partial charge on any atom is -0.469 e. The lowest BCUT2D eigenvalue weighted by molar-refractivity contribution is -0.144. The van der Waals surface area contributed by atoms with Crippen molar-refractivity contribution in [3.05, 3.63) is 0 Å². The van der Waals surface area contributed by atoms with Crippen LogP contribution in [0.5, 0.6) is 0 Å². The van der Waals surface area contributed by atoms with Crippen molar-refractivity contribution in [3.63, 3.8) is 0 Å². The van der Waals surface area contributed by atoms with Crippen LogP contribution >= 0.6 is 0 Å². The van der Waals surface area contributed by atoms with Crippen LogP contribution in [0.4, 0.5) is 0 Å². The summed E-state index contributed by atoms with van der Waals surface area (Å²) in [4.78, 5) is 35.7. The summed E-state index contributed by atoms with van der Waals surface area (Å²) in [5, 5.41) is 0. The van der Waals surface area contributed by atoms with Crippen LogP contribution in [-0.2, 0) is 19.1 Å². The number of rotatable bonds is 4. The van der Waals surface area contributed by atoms with Gasteiger partial charge in [-0.1, -0.05) is 0 Å². The number of Topliss-reactive ketones (excluding diaryl/α,β-unsaturated/α-hetero) is 1. The molecule has 0 radical (unpaired) electrons. The van der Waals surface area contributed by atoms with E-state index in [4.69, 9.17) is 0 Å². The molecule has 17 heavy (non-hydrogen) atoms. The van der Waals surface area contributed by atoms with Gasteiger partial charge in [-0.3, -0.25) is 14.4 Å². The zero-order chi connectivity index (χ0) is 12.8. The Morgan fingerprint density at radius 1 is 1.29 bits per heavy atom. The Labute approximate surface area is 101 Å². The first-order valence-electron chi connectivity index (χ1n) is 5.90. The normalized spacial score (nSPS) is 19.9. The SMILES string of the molecule is COC(=O)CC1CCCCN1C(=O)CC(C)=O. The Morgan fingerprint density at radius 3 is 2.59 bits per heavy atom. The lowest BCUT2D eigenvalue weighted by Gasteiger charge is -2.35. The molecule has 0 saturated carbocycles. The van der Waals surface area contributed by atoms with E-state index in [0.717, 1.165) is 19.3 Å². The number of ether oxygens (including phenoxy) is 1. The molecule has 0 aromatic heterocycles. The van der Waals surface area contributed by atoms with E-state index in [1.54, 1.807) is 4.90 Å². The number of piperidine rings is 1. The molecule has 1 amide bonds.